The van der Waals surface area contributed by atoms with Crippen molar-refractivity contribution in [2.75, 3.05) is 11.9 Å². The number of urea groups is 1. The van der Waals surface area contributed by atoms with Crippen molar-refractivity contribution in [2.45, 2.75) is 44.3 Å². The molecule has 0 bridgehead atoms. The van der Waals surface area contributed by atoms with Crippen molar-refractivity contribution in [3.63, 3.8) is 0 Å². The Morgan fingerprint density at radius 2 is 2.00 bits per heavy atom. The first kappa shape index (κ1) is 17.4. The van der Waals surface area contributed by atoms with E-state index in [1.807, 2.05) is 0 Å². The molecule has 2 amide bonds. The standard InChI is InChI=1S/C15H19F3N2O3/c16-10-4-5-12(23-13(17)18)11(8-10)20-14(21)19-9-15(22)6-2-1-3-7-15/h4-5,8,13,22H,1-3,6-7,9H2,(H2,19,20,21). The minimum Gasteiger partial charge on any atom is -0.433 e. The highest BCUT2D eigenvalue weighted by molar-refractivity contribution is 5.90. The molecule has 1 aromatic rings. The van der Waals surface area contributed by atoms with Crippen molar-refractivity contribution >= 4 is 11.7 Å². The fraction of sp³-hybridized carbons (Fsp3) is 0.533. The molecule has 8 heteroatoms. The van der Waals surface area contributed by atoms with E-state index in [0.29, 0.717) is 12.8 Å². The number of anilines is 1. The van der Waals surface area contributed by atoms with Crippen LogP contribution in [0.15, 0.2) is 18.2 Å². The van der Waals surface area contributed by atoms with E-state index in [9.17, 15) is 23.1 Å². The summed E-state index contributed by atoms with van der Waals surface area (Å²) in [4.78, 5) is 11.8. The quantitative estimate of drug-likeness (QED) is 0.775. The summed E-state index contributed by atoms with van der Waals surface area (Å²) in [5.74, 6) is -1.04. The Morgan fingerprint density at radius 1 is 1.30 bits per heavy atom. The topological polar surface area (TPSA) is 70.6 Å². The Balaban J connectivity index is 1.95. The normalized spacial score (nSPS) is 16.9. The lowest BCUT2D eigenvalue weighted by molar-refractivity contribution is -0.0494. The Hall–Kier alpha value is -1.96. The van der Waals surface area contributed by atoms with Crippen LogP contribution in [0.25, 0.3) is 0 Å². The first-order chi connectivity index (χ1) is 10.9. The zero-order chi connectivity index (χ0) is 16.9. The maximum atomic E-state index is 13.2. The van der Waals surface area contributed by atoms with Gasteiger partial charge in [-0.1, -0.05) is 19.3 Å². The third-order valence-corrected chi connectivity index (χ3v) is 3.77. The monoisotopic (exact) mass is 332 g/mol. The fourth-order valence-electron chi connectivity index (χ4n) is 2.60. The molecule has 0 unspecified atom stereocenters. The van der Waals surface area contributed by atoms with Crippen molar-refractivity contribution in [2.24, 2.45) is 0 Å². The summed E-state index contributed by atoms with van der Waals surface area (Å²) >= 11 is 0. The molecule has 1 saturated carbocycles. The van der Waals surface area contributed by atoms with Crippen LogP contribution in [0.1, 0.15) is 32.1 Å². The SMILES string of the molecule is O=C(NCC1(O)CCCCC1)Nc1cc(F)ccc1OC(F)F. The number of hydrogen-bond acceptors (Lipinski definition) is 3. The lowest BCUT2D eigenvalue weighted by atomic mass is 9.85. The van der Waals surface area contributed by atoms with Gasteiger partial charge >= 0.3 is 12.6 Å². The van der Waals surface area contributed by atoms with Crippen molar-refractivity contribution < 1.29 is 27.8 Å². The third kappa shape index (κ3) is 5.31. The van der Waals surface area contributed by atoms with Crippen LogP contribution in [0.5, 0.6) is 5.75 Å². The summed E-state index contributed by atoms with van der Waals surface area (Å²) in [7, 11) is 0. The molecule has 1 aromatic carbocycles. The Labute approximate surface area is 131 Å². The molecule has 0 aromatic heterocycles. The summed E-state index contributed by atoms with van der Waals surface area (Å²) in [6.45, 7) is -3.05. The van der Waals surface area contributed by atoms with Gasteiger partial charge in [0.2, 0.25) is 0 Å². The van der Waals surface area contributed by atoms with Gasteiger partial charge in [0.05, 0.1) is 11.3 Å². The van der Waals surface area contributed by atoms with Crippen molar-refractivity contribution in [1.82, 2.24) is 5.32 Å². The molecule has 0 heterocycles. The Morgan fingerprint density at radius 3 is 2.65 bits per heavy atom. The Kier molecular flexibility index (Phi) is 5.70. The van der Waals surface area contributed by atoms with Crippen LogP contribution >= 0.6 is 0 Å². The molecule has 128 valence electrons. The second kappa shape index (κ2) is 7.54. The van der Waals surface area contributed by atoms with Crippen LogP contribution in [0.2, 0.25) is 0 Å². The van der Waals surface area contributed by atoms with E-state index >= 15 is 0 Å². The highest BCUT2D eigenvalue weighted by Gasteiger charge is 2.29. The maximum absolute atomic E-state index is 13.2. The summed E-state index contributed by atoms with van der Waals surface area (Å²) in [5, 5.41) is 15.0. The molecule has 1 fully saturated rings. The van der Waals surface area contributed by atoms with E-state index in [1.165, 1.54) is 0 Å². The van der Waals surface area contributed by atoms with Gasteiger partial charge < -0.3 is 20.5 Å². The number of hydrogen-bond donors (Lipinski definition) is 3. The molecular weight excluding hydrogens is 313 g/mol. The number of aliphatic hydroxyl groups is 1. The number of alkyl halides is 2. The number of carbonyl (C=O) groups excluding carboxylic acids is 1. The largest absolute Gasteiger partial charge is 0.433 e. The van der Waals surface area contributed by atoms with Gasteiger partial charge in [0.25, 0.3) is 0 Å². The second-order valence-electron chi connectivity index (χ2n) is 5.61. The molecule has 0 radical (unpaired) electrons. The van der Waals surface area contributed by atoms with Gasteiger partial charge in [0.15, 0.2) is 0 Å². The van der Waals surface area contributed by atoms with Crippen LogP contribution in [0, 0.1) is 5.82 Å². The van der Waals surface area contributed by atoms with Crippen molar-refractivity contribution in [3.05, 3.63) is 24.0 Å². The molecule has 2 rings (SSSR count). The molecule has 0 aliphatic heterocycles. The van der Waals surface area contributed by atoms with Crippen molar-refractivity contribution in [1.29, 1.82) is 0 Å². The first-order valence-electron chi connectivity index (χ1n) is 7.40. The van der Waals surface area contributed by atoms with E-state index in [4.69, 9.17) is 0 Å². The van der Waals surface area contributed by atoms with Crippen LogP contribution in [0.4, 0.5) is 23.7 Å². The van der Waals surface area contributed by atoms with Crippen LogP contribution in [-0.4, -0.2) is 29.9 Å². The number of nitrogens with one attached hydrogen (secondary N) is 2. The highest BCUT2D eigenvalue weighted by Crippen LogP contribution is 2.28. The zero-order valence-electron chi connectivity index (χ0n) is 12.4. The summed E-state index contributed by atoms with van der Waals surface area (Å²) in [6, 6.07) is 2.11. The number of carbonyl (C=O) groups is 1. The number of halogens is 3. The Bertz CT molecular complexity index is 549. The zero-order valence-corrected chi connectivity index (χ0v) is 12.4. The molecule has 3 N–H and O–H groups in total. The van der Waals surface area contributed by atoms with Gasteiger partial charge in [0, 0.05) is 12.6 Å². The van der Waals surface area contributed by atoms with Gasteiger partial charge in [-0.3, -0.25) is 0 Å². The first-order valence-corrected chi connectivity index (χ1v) is 7.40. The average molecular weight is 332 g/mol. The second-order valence-corrected chi connectivity index (χ2v) is 5.61. The molecular formula is C15H19F3N2O3. The number of benzene rings is 1. The molecule has 0 saturated heterocycles. The number of amides is 2. The van der Waals surface area contributed by atoms with Gasteiger partial charge in [0.1, 0.15) is 11.6 Å². The van der Waals surface area contributed by atoms with Gasteiger partial charge in [-0.25, -0.2) is 9.18 Å². The molecule has 0 spiro atoms. The lowest BCUT2D eigenvalue weighted by Crippen LogP contribution is -2.45. The van der Waals surface area contributed by atoms with Crippen LogP contribution < -0.4 is 15.4 Å². The van der Waals surface area contributed by atoms with E-state index in [1.54, 1.807) is 0 Å². The van der Waals surface area contributed by atoms with Gasteiger partial charge in [-0.15, -0.1) is 0 Å². The van der Waals surface area contributed by atoms with E-state index < -0.39 is 24.1 Å². The summed E-state index contributed by atoms with van der Waals surface area (Å²) < 4.78 is 42.0. The van der Waals surface area contributed by atoms with Crippen LogP contribution in [-0.2, 0) is 0 Å². The lowest BCUT2D eigenvalue weighted by Gasteiger charge is -2.32. The smallest absolute Gasteiger partial charge is 0.387 e. The fourth-order valence-corrected chi connectivity index (χ4v) is 2.60. The van der Waals surface area contributed by atoms with E-state index in [2.05, 4.69) is 15.4 Å². The minimum absolute atomic E-state index is 0.0409. The summed E-state index contributed by atoms with van der Waals surface area (Å²) in [6.07, 6.45) is 4.00. The molecule has 23 heavy (non-hydrogen) atoms. The predicted octanol–water partition coefficient (Wildman–Crippen LogP) is 3.24. The average Bonchev–Trinajstić information content (AvgIpc) is 2.49. The van der Waals surface area contributed by atoms with Gasteiger partial charge in [-0.2, -0.15) is 8.78 Å². The van der Waals surface area contributed by atoms with E-state index in [-0.39, 0.29) is 18.0 Å². The molecule has 1 aliphatic rings. The number of ether oxygens (including phenoxy) is 1. The highest BCUT2D eigenvalue weighted by atomic mass is 19.3. The van der Waals surface area contributed by atoms with E-state index in [0.717, 1.165) is 37.5 Å². The van der Waals surface area contributed by atoms with Crippen LogP contribution in [0.3, 0.4) is 0 Å². The molecule has 0 atom stereocenters. The molecule has 5 nitrogen and oxygen atoms in total. The van der Waals surface area contributed by atoms with Gasteiger partial charge in [-0.05, 0) is 25.0 Å². The number of rotatable bonds is 5. The molecule has 1 aliphatic carbocycles. The maximum Gasteiger partial charge on any atom is 0.387 e. The minimum atomic E-state index is -3.09. The predicted molar refractivity (Wildman–Crippen MR) is 78.1 cm³/mol. The van der Waals surface area contributed by atoms with Crippen molar-refractivity contribution in [3.8, 4) is 5.75 Å². The summed E-state index contributed by atoms with van der Waals surface area (Å²) in [5.41, 5.74) is -1.17. The third-order valence-electron chi connectivity index (χ3n) is 3.77.